The highest BCUT2D eigenvalue weighted by atomic mass is 127. The average molecular weight is 431 g/mol. The van der Waals surface area contributed by atoms with Crippen LogP contribution in [0.15, 0.2) is 50.3 Å². The number of halogens is 1. The van der Waals surface area contributed by atoms with Crippen LogP contribution in [0.1, 0.15) is 33.6 Å². The summed E-state index contributed by atoms with van der Waals surface area (Å²) in [6.07, 6.45) is 3.98. The molecule has 4 heteroatoms. The number of rotatable bonds is 7. The number of hydrogen-bond donors (Lipinski definition) is 0. The van der Waals surface area contributed by atoms with Gasteiger partial charge in [-0.25, -0.2) is 4.21 Å². The molecule has 0 bridgehead atoms. The van der Waals surface area contributed by atoms with Crippen molar-refractivity contribution in [1.29, 1.82) is 0 Å². The van der Waals surface area contributed by atoms with Crippen LogP contribution in [0, 0.1) is 5.41 Å². The second-order valence-electron chi connectivity index (χ2n) is 6.51. The fraction of sp³-hybridized carbons (Fsp3) is 0.444. The zero-order chi connectivity index (χ0) is 16.9. The van der Waals surface area contributed by atoms with Gasteiger partial charge < -0.3 is 4.90 Å². The molecule has 1 rings (SSSR count). The standard InChI is InChI=1S/C18H26INOS/c1-14(19)13-18(3,4)12-11-15(2)22(21)17-10-8-7-9-16(17)20(5)6/h7-11H,1,12-13H2,2-6H3/b15-11+/t22-/m0/s1. The van der Waals surface area contributed by atoms with Gasteiger partial charge in [-0.15, -0.1) is 0 Å². The molecule has 0 aliphatic rings. The largest absolute Gasteiger partial charge is 0.377 e. The molecule has 0 fully saturated rings. The SMILES string of the molecule is C=C(I)CC(C)(C)C/C=C(\C)[S@](=O)c1ccccc1N(C)C. The molecule has 0 radical (unpaired) electrons. The van der Waals surface area contributed by atoms with Crippen LogP contribution in [0.3, 0.4) is 0 Å². The van der Waals surface area contributed by atoms with E-state index in [1.165, 1.54) is 0 Å². The Balaban J connectivity index is 2.94. The molecule has 122 valence electrons. The quantitative estimate of drug-likeness (QED) is 0.530. The second kappa shape index (κ2) is 8.29. The molecule has 0 unspecified atom stereocenters. The summed E-state index contributed by atoms with van der Waals surface area (Å²) in [6.45, 7) is 10.4. The van der Waals surface area contributed by atoms with Crippen LogP contribution in [-0.4, -0.2) is 18.3 Å². The van der Waals surface area contributed by atoms with Gasteiger partial charge in [0.15, 0.2) is 0 Å². The van der Waals surface area contributed by atoms with E-state index >= 15 is 0 Å². The third-order valence-corrected chi connectivity index (χ3v) is 5.33. The first-order valence-electron chi connectivity index (χ1n) is 7.32. The monoisotopic (exact) mass is 431 g/mol. The molecule has 0 N–H and O–H groups in total. The Kier molecular flexibility index (Phi) is 7.32. The van der Waals surface area contributed by atoms with Gasteiger partial charge >= 0.3 is 0 Å². The molecule has 0 saturated carbocycles. The molecule has 0 aliphatic carbocycles. The molecule has 0 spiro atoms. The van der Waals surface area contributed by atoms with Crippen molar-refractivity contribution in [3.63, 3.8) is 0 Å². The predicted octanol–water partition coefficient (Wildman–Crippen LogP) is 5.52. The summed E-state index contributed by atoms with van der Waals surface area (Å²) in [4.78, 5) is 3.80. The zero-order valence-corrected chi connectivity index (χ0v) is 17.1. The molecule has 22 heavy (non-hydrogen) atoms. The average Bonchev–Trinajstić information content (AvgIpc) is 2.42. The molecular formula is C18H26INOS. The van der Waals surface area contributed by atoms with E-state index in [1.54, 1.807) is 0 Å². The van der Waals surface area contributed by atoms with E-state index in [0.29, 0.717) is 0 Å². The lowest BCUT2D eigenvalue weighted by molar-refractivity contribution is 0.376. The van der Waals surface area contributed by atoms with E-state index < -0.39 is 10.8 Å². The van der Waals surface area contributed by atoms with Crippen molar-refractivity contribution in [2.75, 3.05) is 19.0 Å². The van der Waals surface area contributed by atoms with Crippen LogP contribution in [0.25, 0.3) is 0 Å². The van der Waals surface area contributed by atoms with Gasteiger partial charge in [0.25, 0.3) is 0 Å². The van der Waals surface area contributed by atoms with E-state index in [0.717, 1.165) is 31.9 Å². The van der Waals surface area contributed by atoms with Gasteiger partial charge in [0.2, 0.25) is 0 Å². The fourth-order valence-electron chi connectivity index (χ4n) is 2.24. The minimum atomic E-state index is -1.11. The molecule has 0 saturated heterocycles. The Hall–Kier alpha value is -0.620. The summed E-state index contributed by atoms with van der Waals surface area (Å²) < 4.78 is 14.0. The van der Waals surface area contributed by atoms with E-state index in [9.17, 15) is 4.21 Å². The second-order valence-corrected chi connectivity index (χ2v) is 9.65. The number of para-hydroxylation sites is 1. The number of allylic oxidation sites excluding steroid dienone is 3. The molecule has 1 aromatic carbocycles. The minimum Gasteiger partial charge on any atom is -0.377 e. The third-order valence-electron chi connectivity index (χ3n) is 3.45. The molecule has 2 nitrogen and oxygen atoms in total. The van der Waals surface area contributed by atoms with Gasteiger partial charge in [0.1, 0.15) is 0 Å². The lowest BCUT2D eigenvalue weighted by Gasteiger charge is -2.23. The highest BCUT2D eigenvalue weighted by Crippen LogP contribution is 2.33. The summed E-state index contributed by atoms with van der Waals surface area (Å²) >= 11 is 2.28. The van der Waals surface area contributed by atoms with Crippen LogP contribution in [0.2, 0.25) is 0 Å². The lowest BCUT2D eigenvalue weighted by atomic mass is 9.86. The maximum atomic E-state index is 12.8. The van der Waals surface area contributed by atoms with Crippen LogP contribution in [0.5, 0.6) is 0 Å². The molecule has 0 heterocycles. The van der Waals surface area contributed by atoms with Crippen molar-refractivity contribution >= 4 is 39.1 Å². The van der Waals surface area contributed by atoms with Crippen molar-refractivity contribution in [1.82, 2.24) is 0 Å². The smallest absolute Gasteiger partial charge is 0.0823 e. The predicted molar refractivity (Wildman–Crippen MR) is 107 cm³/mol. The summed E-state index contributed by atoms with van der Waals surface area (Å²) in [5.41, 5.74) is 1.15. The topological polar surface area (TPSA) is 20.3 Å². The molecular weight excluding hydrogens is 405 g/mol. The van der Waals surface area contributed by atoms with Crippen molar-refractivity contribution in [3.05, 3.63) is 45.4 Å². The molecule has 0 aromatic heterocycles. The lowest BCUT2D eigenvalue weighted by Crippen LogP contribution is -2.12. The van der Waals surface area contributed by atoms with E-state index in [2.05, 4.69) is 49.1 Å². The minimum absolute atomic E-state index is 0.144. The van der Waals surface area contributed by atoms with Crippen molar-refractivity contribution in [2.45, 2.75) is 38.5 Å². The van der Waals surface area contributed by atoms with Gasteiger partial charge in [-0.05, 0) is 63.5 Å². The molecule has 0 amide bonds. The zero-order valence-electron chi connectivity index (χ0n) is 14.1. The first-order chi connectivity index (χ1) is 10.1. The van der Waals surface area contributed by atoms with Crippen LogP contribution >= 0.6 is 22.6 Å². The molecule has 0 aliphatic heterocycles. The highest BCUT2D eigenvalue weighted by molar-refractivity contribution is 14.1. The summed E-state index contributed by atoms with van der Waals surface area (Å²) in [7, 11) is 2.84. The van der Waals surface area contributed by atoms with Gasteiger partial charge in [-0.3, -0.25) is 0 Å². The van der Waals surface area contributed by atoms with Gasteiger partial charge in [-0.1, -0.05) is 38.6 Å². The van der Waals surface area contributed by atoms with Crippen LogP contribution in [-0.2, 0) is 10.8 Å². The molecule has 1 aromatic rings. The van der Waals surface area contributed by atoms with Gasteiger partial charge in [-0.2, -0.15) is 0 Å². The summed E-state index contributed by atoms with van der Waals surface area (Å²) in [5, 5.41) is 0. The van der Waals surface area contributed by atoms with Crippen LogP contribution in [0.4, 0.5) is 5.69 Å². The highest BCUT2D eigenvalue weighted by Gasteiger charge is 2.18. The number of benzene rings is 1. The van der Waals surface area contributed by atoms with E-state index in [-0.39, 0.29) is 5.41 Å². The van der Waals surface area contributed by atoms with Crippen molar-refractivity contribution < 1.29 is 4.21 Å². The first-order valence-corrected chi connectivity index (χ1v) is 9.55. The number of anilines is 1. The maximum absolute atomic E-state index is 12.8. The Morgan fingerprint density at radius 3 is 2.50 bits per heavy atom. The third kappa shape index (κ3) is 5.88. The van der Waals surface area contributed by atoms with Crippen molar-refractivity contribution in [2.24, 2.45) is 5.41 Å². The van der Waals surface area contributed by atoms with Gasteiger partial charge in [0, 0.05) is 19.0 Å². The van der Waals surface area contributed by atoms with E-state index in [4.69, 9.17) is 0 Å². The van der Waals surface area contributed by atoms with Crippen molar-refractivity contribution in [3.8, 4) is 0 Å². The summed E-state index contributed by atoms with van der Waals surface area (Å²) in [6, 6.07) is 7.87. The summed E-state index contributed by atoms with van der Waals surface area (Å²) in [5.74, 6) is 0. The molecule has 1 atom stereocenters. The van der Waals surface area contributed by atoms with E-state index in [1.807, 2.05) is 50.2 Å². The fourth-order valence-corrected chi connectivity index (χ4v) is 4.50. The number of nitrogens with zero attached hydrogens (tertiary/aromatic N) is 1. The maximum Gasteiger partial charge on any atom is 0.0823 e. The van der Waals surface area contributed by atoms with Crippen LogP contribution < -0.4 is 4.90 Å². The normalized spacial score (nSPS) is 13.8. The Bertz CT molecular complexity index is 591. The number of hydrogen-bond acceptors (Lipinski definition) is 2. The Morgan fingerprint density at radius 1 is 1.36 bits per heavy atom. The Morgan fingerprint density at radius 2 is 1.95 bits per heavy atom. The Labute approximate surface area is 151 Å². The van der Waals surface area contributed by atoms with Gasteiger partial charge in [0.05, 0.1) is 21.4 Å². The first kappa shape index (κ1) is 19.4.